The van der Waals surface area contributed by atoms with Crippen LogP contribution < -0.4 is 0 Å². The maximum atomic E-state index is 2.27. The van der Waals surface area contributed by atoms with Gasteiger partial charge in [0.25, 0.3) is 0 Å². The van der Waals surface area contributed by atoms with Gasteiger partial charge in [-0.25, -0.2) is 24.3 Å². The molecule has 0 heterocycles. The normalized spacial score (nSPS) is 17.9. The predicted octanol–water partition coefficient (Wildman–Crippen LogP) is 7.80. The van der Waals surface area contributed by atoms with Crippen LogP contribution in [0.3, 0.4) is 0 Å². The van der Waals surface area contributed by atoms with Gasteiger partial charge in [-0.2, -0.15) is 35.4 Å². The molecule has 0 unspecified atom stereocenters. The number of rotatable bonds is 2. The fourth-order valence-corrected chi connectivity index (χ4v) is 4.19. The Morgan fingerprint density at radius 2 is 0.760 bits per heavy atom. The molecule has 1 heteroatoms. The second-order valence-electron chi connectivity index (χ2n) is 7.11. The van der Waals surface area contributed by atoms with Crippen LogP contribution in [-0.4, -0.2) is 0 Å². The Labute approximate surface area is 176 Å². The van der Waals surface area contributed by atoms with Gasteiger partial charge in [0.2, 0.25) is 0 Å². The zero-order valence-electron chi connectivity index (χ0n) is 16.3. The molecule has 2 saturated carbocycles. The molecule has 0 saturated heterocycles. The van der Waals surface area contributed by atoms with E-state index in [-0.39, 0.29) is 41.1 Å². The minimum atomic E-state index is 0. The van der Waals surface area contributed by atoms with Gasteiger partial charge in [0.15, 0.2) is 0 Å². The van der Waals surface area contributed by atoms with Crippen LogP contribution in [-0.2, 0) is 26.2 Å². The van der Waals surface area contributed by atoms with E-state index in [1.807, 2.05) is 0 Å². The summed E-state index contributed by atoms with van der Waals surface area (Å²) in [7, 11) is 0. The minimum absolute atomic E-state index is 0. The molecule has 2 fully saturated rings. The molecule has 0 nitrogen and oxygen atoms in total. The van der Waals surface area contributed by atoms with E-state index in [2.05, 4.69) is 48.5 Å². The SMILES string of the molecule is [CH3-].[CH3-].[Zr+4].c1cc[c-](C2CCCCC2)c1.c1cc[c-](C2CCCCC2)c1. The Morgan fingerprint density at radius 1 is 0.480 bits per heavy atom. The Balaban J connectivity index is 0.000000411. The number of hydrogen-bond acceptors (Lipinski definition) is 0. The second-order valence-corrected chi connectivity index (χ2v) is 7.11. The third-order valence-electron chi connectivity index (χ3n) is 5.53. The minimum Gasteiger partial charge on any atom is -0.358 e. The molecule has 136 valence electrons. The molecular weight excluding hydrogens is 379 g/mol. The van der Waals surface area contributed by atoms with E-state index >= 15 is 0 Å². The molecule has 0 aromatic heterocycles. The van der Waals surface area contributed by atoms with Gasteiger partial charge in [0.1, 0.15) is 0 Å². The third kappa shape index (κ3) is 7.78. The van der Waals surface area contributed by atoms with Gasteiger partial charge in [-0.1, -0.05) is 76.0 Å². The summed E-state index contributed by atoms with van der Waals surface area (Å²) in [6.07, 6.45) is 14.4. The van der Waals surface area contributed by atoms with Gasteiger partial charge in [-0.3, -0.25) is 0 Å². The van der Waals surface area contributed by atoms with Crippen molar-refractivity contribution in [2.75, 3.05) is 0 Å². The summed E-state index contributed by atoms with van der Waals surface area (Å²) in [5, 5.41) is 0. The Hall–Kier alpha value is -0.417. The monoisotopic (exact) mass is 414 g/mol. The smallest absolute Gasteiger partial charge is 0.358 e. The average Bonchev–Trinajstić information content (AvgIpc) is 3.31. The molecule has 0 atom stereocenters. The van der Waals surface area contributed by atoms with E-state index in [9.17, 15) is 0 Å². The van der Waals surface area contributed by atoms with Crippen molar-refractivity contribution in [3.63, 3.8) is 0 Å². The first-order chi connectivity index (χ1) is 10.9. The first-order valence-corrected chi connectivity index (χ1v) is 9.37. The molecule has 0 aliphatic heterocycles. The molecule has 2 aromatic carbocycles. The summed E-state index contributed by atoms with van der Waals surface area (Å²) in [6.45, 7) is 0. The molecule has 0 spiro atoms. The molecule has 25 heavy (non-hydrogen) atoms. The van der Waals surface area contributed by atoms with E-state index in [1.165, 1.54) is 64.2 Å². The van der Waals surface area contributed by atoms with E-state index in [4.69, 9.17) is 0 Å². The zero-order valence-corrected chi connectivity index (χ0v) is 18.8. The van der Waals surface area contributed by atoms with E-state index < -0.39 is 0 Å². The maximum absolute atomic E-state index is 2.27. The van der Waals surface area contributed by atoms with Gasteiger partial charge in [0, 0.05) is 0 Å². The third-order valence-corrected chi connectivity index (χ3v) is 5.53. The Morgan fingerprint density at radius 3 is 1.04 bits per heavy atom. The second kappa shape index (κ2) is 13.7. The molecular formula is C24H36Zr. The van der Waals surface area contributed by atoms with Crippen molar-refractivity contribution in [2.24, 2.45) is 0 Å². The van der Waals surface area contributed by atoms with Gasteiger partial charge < -0.3 is 14.9 Å². The number of hydrogen-bond donors (Lipinski definition) is 0. The maximum Gasteiger partial charge on any atom is 4.00 e. The summed E-state index contributed by atoms with van der Waals surface area (Å²) in [6, 6.07) is 17.7. The molecule has 0 radical (unpaired) electrons. The summed E-state index contributed by atoms with van der Waals surface area (Å²) in [4.78, 5) is 0. The first kappa shape index (κ1) is 24.6. The van der Waals surface area contributed by atoms with E-state index in [0.717, 1.165) is 11.8 Å². The van der Waals surface area contributed by atoms with Crippen molar-refractivity contribution in [2.45, 2.75) is 76.0 Å². The van der Waals surface area contributed by atoms with Crippen molar-refractivity contribution < 1.29 is 26.2 Å². The summed E-state index contributed by atoms with van der Waals surface area (Å²) in [5.41, 5.74) is 3.15. The zero-order chi connectivity index (χ0) is 15.0. The fraction of sp³-hybridized carbons (Fsp3) is 0.500. The van der Waals surface area contributed by atoms with Crippen LogP contribution in [0.15, 0.2) is 48.5 Å². The molecule has 2 aliphatic carbocycles. The Kier molecular flexibility index (Phi) is 13.5. The van der Waals surface area contributed by atoms with Gasteiger partial charge in [-0.15, -0.1) is 0 Å². The van der Waals surface area contributed by atoms with Crippen LogP contribution in [0, 0.1) is 14.9 Å². The van der Waals surface area contributed by atoms with Crippen LogP contribution >= 0.6 is 0 Å². The largest absolute Gasteiger partial charge is 4.00 e. The summed E-state index contributed by atoms with van der Waals surface area (Å²) >= 11 is 0. The van der Waals surface area contributed by atoms with Gasteiger partial charge in [0.05, 0.1) is 0 Å². The topological polar surface area (TPSA) is 0 Å². The molecule has 0 amide bonds. The van der Waals surface area contributed by atoms with Crippen LogP contribution in [0.5, 0.6) is 0 Å². The van der Waals surface area contributed by atoms with Crippen molar-refractivity contribution in [1.82, 2.24) is 0 Å². The van der Waals surface area contributed by atoms with Crippen LogP contribution in [0.1, 0.15) is 87.2 Å². The van der Waals surface area contributed by atoms with Crippen molar-refractivity contribution in [3.05, 3.63) is 74.5 Å². The van der Waals surface area contributed by atoms with Gasteiger partial charge in [-0.05, 0) is 0 Å². The molecule has 2 aliphatic rings. The quantitative estimate of drug-likeness (QED) is 0.439. The summed E-state index contributed by atoms with van der Waals surface area (Å²) in [5.74, 6) is 1.78. The van der Waals surface area contributed by atoms with Crippen molar-refractivity contribution >= 4 is 0 Å². The van der Waals surface area contributed by atoms with Crippen LogP contribution in [0.25, 0.3) is 0 Å². The molecule has 4 rings (SSSR count). The van der Waals surface area contributed by atoms with Crippen molar-refractivity contribution in [1.29, 1.82) is 0 Å². The molecule has 0 bridgehead atoms. The van der Waals surface area contributed by atoms with Crippen LogP contribution in [0.4, 0.5) is 0 Å². The standard InChI is InChI=1S/2C11H15.2CH3.Zr/c2*1-2-6-10(7-3-1)11-8-4-5-9-11;;;/h2*4-5,8-10H,1-3,6-7H2;2*1H3;/q4*-1;+4. The van der Waals surface area contributed by atoms with Gasteiger partial charge >= 0.3 is 26.2 Å². The average molecular weight is 416 g/mol. The Bertz CT molecular complexity index is 434. The first-order valence-electron chi connectivity index (χ1n) is 9.37. The van der Waals surface area contributed by atoms with E-state index in [0.29, 0.717) is 0 Å². The van der Waals surface area contributed by atoms with Crippen LogP contribution in [0.2, 0.25) is 0 Å². The molecule has 2 aromatic rings. The van der Waals surface area contributed by atoms with E-state index in [1.54, 1.807) is 11.1 Å². The summed E-state index contributed by atoms with van der Waals surface area (Å²) < 4.78 is 0. The van der Waals surface area contributed by atoms with Crippen molar-refractivity contribution in [3.8, 4) is 0 Å². The fourth-order valence-electron chi connectivity index (χ4n) is 4.19. The predicted molar refractivity (Wildman–Crippen MR) is 109 cm³/mol. The molecule has 0 N–H and O–H groups in total.